The standard InChI is InChI=1S/C18H22N6O/c1-11-14(10-24(5)23-11)16(25)20-17-19-15(21-22-17)12-6-8-13(9-7-12)18(2,3)4/h6-10H,1-5H3,(H2,19,20,21,22,25). The Morgan fingerprint density at radius 3 is 2.44 bits per heavy atom. The first-order chi connectivity index (χ1) is 11.7. The molecule has 3 rings (SSSR count). The van der Waals surface area contributed by atoms with Crippen LogP contribution in [0, 0.1) is 6.92 Å². The van der Waals surface area contributed by atoms with Crippen LogP contribution in [0.5, 0.6) is 0 Å². The van der Waals surface area contributed by atoms with Crippen LogP contribution >= 0.6 is 0 Å². The zero-order valence-corrected chi connectivity index (χ0v) is 15.1. The Hall–Kier alpha value is -2.96. The summed E-state index contributed by atoms with van der Waals surface area (Å²) in [6, 6.07) is 8.15. The van der Waals surface area contributed by atoms with Gasteiger partial charge in [0.2, 0.25) is 5.95 Å². The first-order valence-electron chi connectivity index (χ1n) is 8.09. The molecule has 1 amide bonds. The third kappa shape index (κ3) is 3.60. The summed E-state index contributed by atoms with van der Waals surface area (Å²) in [6.07, 6.45) is 1.67. The van der Waals surface area contributed by atoms with Crippen LogP contribution in [0.2, 0.25) is 0 Å². The van der Waals surface area contributed by atoms with Crippen LogP contribution in [0.4, 0.5) is 5.95 Å². The minimum atomic E-state index is -0.278. The van der Waals surface area contributed by atoms with Gasteiger partial charge in [0.15, 0.2) is 5.82 Å². The number of amides is 1. The molecule has 0 spiro atoms. The van der Waals surface area contributed by atoms with E-state index in [4.69, 9.17) is 0 Å². The molecule has 130 valence electrons. The van der Waals surface area contributed by atoms with E-state index in [0.29, 0.717) is 17.1 Å². The number of rotatable bonds is 3. The Labute approximate surface area is 146 Å². The van der Waals surface area contributed by atoms with Crippen LogP contribution in [0.25, 0.3) is 11.4 Å². The van der Waals surface area contributed by atoms with Gasteiger partial charge in [-0.05, 0) is 17.9 Å². The summed E-state index contributed by atoms with van der Waals surface area (Å²) < 4.78 is 1.60. The number of nitrogens with one attached hydrogen (secondary N) is 2. The molecular formula is C18H22N6O. The van der Waals surface area contributed by atoms with Gasteiger partial charge in [0.1, 0.15) is 0 Å². The van der Waals surface area contributed by atoms with Crippen LogP contribution in [0.1, 0.15) is 42.4 Å². The van der Waals surface area contributed by atoms with Crippen molar-refractivity contribution in [2.24, 2.45) is 7.05 Å². The predicted molar refractivity (Wildman–Crippen MR) is 96.4 cm³/mol. The molecule has 0 bridgehead atoms. The highest BCUT2D eigenvalue weighted by molar-refractivity contribution is 6.04. The van der Waals surface area contributed by atoms with E-state index in [1.165, 1.54) is 5.56 Å². The Bertz CT molecular complexity index is 899. The number of hydrogen-bond acceptors (Lipinski definition) is 4. The highest BCUT2D eigenvalue weighted by Gasteiger charge is 2.16. The van der Waals surface area contributed by atoms with Crippen molar-refractivity contribution >= 4 is 11.9 Å². The molecule has 0 atom stereocenters. The van der Waals surface area contributed by atoms with E-state index in [1.54, 1.807) is 24.9 Å². The zero-order valence-electron chi connectivity index (χ0n) is 15.1. The van der Waals surface area contributed by atoms with Crippen molar-refractivity contribution in [2.45, 2.75) is 33.1 Å². The van der Waals surface area contributed by atoms with Gasteiger partial charge in [-0.25, -0.2) is 0 Å². The molecule has 0 unspecified atom stereocenters. The predicted octanol–water partition coefficient (Wildman–Crippen LogP) is 3.06. The van der Waals surface area contributed by atoms with E-state index >= 15 is 0 Å². The largest absolute Gasteiger partial charge is 0.289 e. The fraction of sp³-hybridized carbons (Fsp3) is 0.333. The van der Waals surface area contributed by atoms with Gasteiger partial charge in [-0.2, -0.15) is 10.1 Å². The summed E-state index contributed by atoms with van der Waals surface area (Å²) in [7, 11) is 1.77. The van der Waals surface area contributed by atoms with Crippen LogP contribution in [-0.4, -0.2) is 30.9 Å². The zero-order chi connectivity index (χ0) is 18.2. The fourth-order valence-electron chi connectivity index (χ4n) is 2.57. The number of nitrogens with zero attached hydrogens (tertiary/aromatic N) is 4. The molecule has 25 heavy (non-hydrogen) atoms. The lowest BCUT2D eigenvalue weighted by Crippen LogP contribution is -2.13. The van der Waals surface area contributed by atoms with Gasteiger partial charge in [0.25, 0.3) is 5.91 Å². The van der Waals surface area contributed by atoms with Gasteiger partial charge < -0.3 is 0 Å². The normalized spacial score (nSPS) is 11.6. The number of aryl methyl sites for hydroxylation is 2. The highest BCUT2D eigenvalue weighted by Crippen LogP contribution is 2.25. The molecule has 0 fully saturated rings. The minimum Gasteiger partial charge on any atom is -0.289 e. The Kier molecular flexibility index (Phi) is 4.16. The molecule has 0 aliphatic heterocycles. The van der Waals surface area contributed by atoms with E-state index in [1.807, 2.05) is 12.1 Å². The van der Waals surface area contributed by atoms with Crippen molar-refractivity contribution in [3.63, 3.8) is 0 Å². The van der Waals surface area contributed by atoms with Crippen molar-refractivity contribution in [3.8, 4) is 11.4 Å². The monoisotopic (exact) mass is 338 g/mol. The van der Waals surface area contributed by atoms with Gasteiger partial charge in [-0.15, -0.1) is 5.10 Å². The molecule has 7 nitrogen and oxygen atoms in total. The lowest BCUT2D eigenvalue weighted by molar-refractivity contribution is 0.102. The van der Waals surface area contributed by atoms with Gasteiger partial charge in [0, 0.05) is 18.8 Å². The number of H-pyrrole nitrogens is 1. The van der Waals surface area contributed by atoms with Crippen molar-refractivity contribution in [1.29, 1.82) is 0 Å². The Balaban J connectivity index is 1.76. The average molecular weight is 338 g/mol. The Morgan fingerprint density at radius 2 is 1.88 bits per heavy atom. The minimum absolute atomic E-state index is 0.0979. The average Bonchev–Trinajstić information content (AvgIpc) is 3.13. The molecular weight excluding hydrogens is 316 g/mol. The lowest BCUT2D eigenvalue weighted by Gasteiger charge is -2.18. The van der Waals surface area contributed by atoms with Gasteiger partial charge in [-0.1, -0.05) is 45.0 Å². The maximum atomic E-state index is 12.3. The maximum Gasteiger partial charge on any atom is 0.261 e. The summed E-state index contributed by atoms with van der Waals surface area (Å²) in [6.45, 7) is 8.30. The molecule has 2 aromatic heterocycles. The van der Waals surface area contributed by atoms with Crippen molar-refractivity contribution < 1.29 is 4.79 Å². The Morgan fingerprint density at radius 1 is 1.20 bits per heavy atom. The van der Waals surface area contributed by atoms with E-state index in [9.17, 15) is 4.79 Å². The first kappa shape index (κ1) is 16.9. The fourth-order valence-corrected chi connectivity index (χ4v) is 2.57. The SMILES string of the molecule is Cc1nn(C)cc1C(=O)Nc1n[nH]c(-c2ccc(C(C)(C)C)cc2)n1. The number of aromatic amines is 1. The second-order valence-corrected chi connectivity index (χ2v) is 7.09. The summed E-state index contributed by atoms with van der Waals surface area (Å²) in [4.78, 5) is 16.6. The summed E-state index contributed by atoms with van der Waals surface area (Å²) in [5, 5.41) is 13.8. The quantitative estimate of drug-likeness (QED) is 0.768. The molecule has 0 aliphatic rings. The molecule has 3 aromatic rings. The van der Waals surface area contributed by atoms with Gasteiger partial charge in [-0.3, -0.25) is 19.9 Å². The molecule has 0 radical (unpaired) electrons. The smallest absolute Gasteiger partial charge is 0.261 e. The topological polar surface area (TPSA) is 88.5 Å². The van der Waals surface area contributed by atoms with Crippen LogP contribution in [0.15, 0.2) is 30.5 Å². The summed E-state index contributed by atoms with van der Waals surface area (Å²) >= 11 is 0. The van der Waals surface area contributed by atoms with E-state index in [0.717, 1.165) is 5.56 Å². The number of carbonyl (C=O) groups excluding carboxylic acids is 1. The lowest BCUT2D eigenvalue weighted by atomic mass is 9.87. The van der Waals surface area contributed by atoms with Crippen molar-refractivity contribution in [2.75, 3.05) is 5.32 Å². The molecule has 7 heteroatoms. The third-order valence-electron chi connectivity index (χ3n) is 3.99. The number of benzene rings is 1. The summed E-state index contributed by atoms with van der Waals surface area (Å²) in [5.41, 5.74) is 3.42. The second kappa shape index (κ2) is 6.16. The van der Waals surface area contributed by atoms with Crippen LogP contribution in [0.3, 0.4) is 0 Å². The first-order valence-corrected chi connectivity index (χ1v) is 8.09. The molecule has 2 N–H and O–H groups in total. The van der Waals surface area contributed by atoms with Crippen LogP contribution < -0.4 is 5.32 Å². The molecule has 0 saturated heterocycles. The van der Waals surface area contributed by atoms with Crippen LogP contribution in [-0.2, 0) is 12.5 Å². The van der Waals surface area contributed by atoms with Crippen molar-refractivity contribution in [1.82, 2.24) is 25.0 Å². The van der Waals surface area contributed by atoms with E-state index in [2.05, 4.69) is 58.5 Å². The van der Waals surface area contributed by atoms with E-state index < -0.39 is 0 Å². The number of aromatic nitrogens is 5. The molecule has 0 saturated carbocycles. The molecule has 1 aromatic carbocycles. The molecule has 0 aliphatic carbocycles. The van der Waals surface area contributed by atoms with E-state index in [-0.39, 0.29) is 17.3 Å². The number of carbonyl (C=O) groups is 1. The van der Waals surface area contributed by atoms with Crippen molar-refractivity contribution in [3.05, 3.63) is 47.3 Å². The number of anilines is 1. The highest BCUT2D eigenvalue weighted by atomic mass is 16.1. The van der Waals surface area contributed by atoms with Gasteiger partial charge in [0.05, 0.1) is 11.3 Å². The maximum absolute atomic E-state index is 12.3. The van der Waals surface area contributed by atoms with Gasteiger partial charge >= 0.3 is 0 Å². The third-order valence-corrected chi connectivity index (χ3v) is 3.99. The second-order valence-electron chi connectivity index (χ2n) is 7.09. The number of hydrogen-bond donors (Lipinski definition) is 2. The summed E-state index contributed by atoms with van der Waals surface area (Å²) in [5.74, 6) is 0.570. The molecule has 2 heterocycles.